The van der Waals surface area contributed by atoms with Crippen LogP contribution in [0.15, 0.2) is 36.4 Å². The molecule has 42 heavy (non-hydrogen) atoms. The van der Waals surface area contributed by atoms with Crippen molar-refractivity contribution in [2.24, 2.45) is 10.8 Å². The molecule has 0 aromatic heterocycles. The van der Waals surface area contributed by atoms with Crippen molar-refractivity contribution < 1.29 is 29.0 Å². The number of carbonyl (C=O) groups excluding carboxylic acids is 4. The molecule has 0 saturated carbocycles. The first-order valence-electron chi connectivity index (χ1n) is 14.0. The Morgan fingerprint density at radius 1 is 0.714 bits per heavy atom. The molecule has 0 radical (unpaired) electrons. The molecule has 2 aliphatic heterocycles. The third-order valence-electron chi connectivity index (χ3n) is 7.63. The third-order valence-corrected chi connectivity index (χ3v) is 7.89. The molecule has 0 spiro atoms. The molecule has 11 heteroatoms. The summed E-state index contributed by atoms with van der Waals surface area (Å²) in [5.74, 6) is 0.356. The van der Waals surface area contributed by atoms with Gasteiger partial charge in [-0.2, -0.15) is 0 Å². The van der Waals surface area contributed by atoms with Crippen LogP contribution in [0.1, 0.15) is 48.0 Å². The van der Waals surface area contributed by atoms with Crippen molar-refractivity contribution in [2.75, 3.05) is 59.3 Å². The summed E-state index contributed by atoms with van der Waals surface area (Å²) in [6.07, 6.45) is 0.750. The second kappa shape index (κ2) is 12.6. The van der Waals surface area contributed by atoms with Crippen LogP contribution in [0.5, 0.6) is 11.5 Å². The van der Waals surface area contributed by atoms with Crippen molar-refractivity contribution in [3.05, 3.63) is 36.4 Å². The fraction of sp³-hybridized carbons (Fsp3) is 0.484. The number of phenolic OH excluding ortho intramolecular Hbond substituents is 1. The van der Waals surface area contributed by atoms with Gasteiger partial charge < -0.3 is 29.4 Å². The number of halogens is 1. The number of benzene rings is 2. The standard InChI is InChI=1S/C17H23ClN2O3.C14H18N2O3/c1-5-20-13-8-7-12(23-10-6-9-18)11-14(13)19(4)15(21)17(2,3)16(20)22;1-5-16-10-7-6-9(17)8-11(10)15(4)12(18)14(2,3)13(16)19/h7-8,11H,5-6,9-10H2,1-4H3;6-8,17H,5H2,1-4H3. The Hall–Kier alpha value is -3.79. The summed E-state index contributed by atoms with van der Waals surface area (Å²) in [6, 6.07) is 10.1. The number of ether oxygens (including phenoxy) is 1. The van der Waals surface area contributed by atoms with Crippen molar-refractivity contribution in [1.82, 2.24) is 0 Å². The van der Waals surface area contributed by atoms with E-state index in [9.17, 15) is 24.3 Å². The van der Waals surface area contributed by atoms with Gasteiger partial charge >= 0.3 is 0 Å². The van der Waals surface area contributed by atoms with Gasteiger partial charge in [0.25, 0.3) is 0 Å². The molecule has 228 valence electrons. The van der Waals surface area contributed by atoms with E-state index in [2.05, 4.69) is 0 Å². The molecular weight excluding hydrogens is 560 g/mol. The van der Waals surface area contributed by atoms with Gasteiger partial charge in [-0.15, -0.1) is 11.6 Å². The maximum Gasteiger partial charge on any atom is 0.242 e. The molecule has 0 unspecified atom stereocenters. The lowest BCUT2D eigenvalue weighted by molar-refractivity contribution is -0.139. The van der Waals surface area contributed by atoms with Crippen molar-refractivity contribution in [2.45, 2.75) is 48.0 Å². The third kappa shape index (κ3) is 5.90. The molecule has 0 fully saturated rings. The molecule has 4 rings (SSSR count). The fourth-order valence-corrected chi connectivity index (χ4v) is 5.21. The molecule has 0 saturated heterocycles. The lowest BCUT2D eigenvalue weighted by Gasteiger charge is -2.27. The molecule has 2 aromatic rings. The number of anilines is 4. The fourth-order valence-electron chi connectivity index (χ4n) is 5.10. The van der Waals surface area contributed by atoms with E-state index >= 15 is 0 Å². The van der Waals surface area contributed by atoms with E-state index in [1.165, 1.54) is 21.9 Å². The van der Waals surface area contributed by atoms with Gasteiger partial charge in [-0.25, -0.2) is 0 Å². The van der Waals surface area contributed by atoms with Gasteiger partial charge in [-0.05, 0) is 72.2 Å². The summed E-state index contributed by atoms with van der Waals surface area (Å²) in [7, 11) is 3.31. The van der Waals surface area contributed by atoms with Crippen LogP contribution in [-0.4, -0.2) is 68.4 Å². The summed E-state index contributed by atoms with van der Waals surface area (Å²) in [5.41, 5.74) is 0.392. The van der Waals surface area contributed by atoms with Crippen LogP contribution in [0.2, 0.25) is 0 Å². The Morgan fingerprint density at radius 3 is 1.62 bits per heavy atom. The summed E-state index contributed by atoms with van der Waals surface area (Å²) in [4.78, 5) is 56.6. The molecule has 2 aliphatic rings. The van der Waals surface area contributed by atoms with Crippen LogP contribution in [0.3, 0.4) is 0 Å². The van der Waals surface area contributed by atoms with Gasteiger partial charge in [0.1, 0.15) is 22.3 Å². The van der Waals surface area contributed by atoms with Crippen LogP contribution < -0.4 is 24.3 Å². The monoisotopic (exact) mass is 600 g/mol. The number of amides is 4. The number of alkyl halides is 1. The number of hydrogen-bond donors (Lipinski definition) is 1. The number of nitrogens with zero attached hydrogens (tertiary/aromatic N) is 4. The van der Waals surface area contributed by atoms with Gasteiger partial charge in [-0.1, -0.05) is 0 Å². The number of aromatic hydroxyl groups is 1. The molecular formula is C31H41ClN4O6. The minimum Gasteiger partial charge on any atom is -0.508 e. The average Bonchev–Trinajstić information content (AvgIpc) is 3.05. The summed E-state index contributed by atoms with van der Waals surface area (Å²) in [6.45, 7) is 11.8. The van der Waals surface area contributed by atoms with E-state index in [0.717, 1.165) is 12.1 Å². The van der Waals surface area contributed by atoms with Crippen molar-refractivity contribution in [3.8, 4) is 11.5 Å². The lowest BCUT2D eigenvalue weighted by Crippen LogP contribution is -2.47. The number of carbonyl (C=O) groups is 4. The maximum atomic E-state index is 12.7. The zero-order chi connectivity index (χ0) is 31.6. The molecule has 0 atom stereocenters. The highest BCUT2D eigenvalue weighted by molar-refractivity contribution is 6.21. The molecule has 1 N–H and O–H groups in total. The maximum absolute atomic E-state index is 12.7. The first-order chi connectivity index (χ1) is 19.6. The number of fused-ring (bicyclic) bond motifs is 2. The molecule has 2 aromatic carbocycles. The zero-order valence-electron chi connectivity index (χ0n) is 25.7. The van der Waals surface area contributed by atoms with E-state index in [-0.39, 0.29) is 29.4 Å². The SMILES string of the molecule is CCN1C(=O)C(C)(C)C(=O)N(C)c2cc(O)ccc21.CCN1C(=O)C(C)(C)C(=O)N(C)c2cc(OCCCCl)ccc21. The molecule has 0 aliphatic carbocycles. The highest BCUT2D eigenvalue weighted by atomic mass is 35.5. The van der Waals surface area contributed by atoms with Crippen LogP contribution in [0, 0.1) is 10.8 Å². The van der Waals surface area contributed by atoms with E-state index in [4.69, 9.17) is 16.3 Å². The normalized spacial score (nSPS) is 17.6. The average molecular weight is 601 g/mol. The van der Waals surface area contributed by atoms with E-state index < -0.39 is 10.8 Å². The zero-order valence-corrected chi connectivity index (χ0v) is 26.4. The Labute approximate surface area is 252 Å². The largest absolute Gasteiger partial charge is 0.508 e. The van der Waals surface area contributed by atoms with Crippen LogP contribution >= 0.6 is 11.6 Å². The minimum absolute atomic E-state index is 0.0709. The number of rotatable bonds is 6. The number of phenols is 1. The van der Waals surface area contributed by atoms with Gasteiger partial charge in [0, 0.05) is 45.2 Å². The highest BCUT2D eigenvalue weighted by Crippen LogP contribution is 2.41. The van der Waals surface area contributed by atoms with E-state index in [0.29, 0.717) is 48.4 Å². The van der Waals surface area contributed by atoms with Crippen LogP contribution in [-0.2, 0) is 19.2 Å². The molecule has 0 bridgehead atoms. The Kier molecular flexibility index (Phi) is 9.82. The Bertz CT molecular complexity index is 1380. The molecule has 4 amide bonds. The predicted molar refractivity (Wildman–Crippen MR) is 166 cm³/mol. The second-order valence-corrected chi connectivity index (χ2v) is 11.7. The van der Waals surface area contributed by atoms with Crippen molar-refractivity contribution >= 4 is 58.0 Å². The van der Waals surface area contributed by atoms with Crippen LogP contribution in [0.25, 0.3) is 0 Å². The summed E-state index contributed by atoms with van der Waals surface area (Å²) in [5, 5.41) is 9.60. The van der Waals surface area contributed by atoms with E-state index in [1.807, 2.05) is 26.0 Å². The molecule has 10 nitrogen and oxygen atoms in total. The topological polar surface area (TPSA) is 111 Å². The molecule has 2 heterocycles. The first-order valence-corrected chi connectivity index (χ1v) is 14.5. The highest BCUT2D eigenvalue weighted by Gasteiger charge is 2.46. The van der Waals surface area contributed by atoms with Gasteiger partial charge in [0.2, 0.25) is 23.6 Å². The number of hydrogen-bond acceptors (Lipinski definition) is 6. The van der Waals surface area contributed by atoms with Gasteiger partial charge in [0.15, 0.2) is 0 Å². The quantitative estimate of drug-likeness (QED) is 0.290. The first kappa shape index (κ1) is 32.7. The Morgan fingerprint density at radius 2 is 1.17 bits per heavy atom. The van der Waals surface area contributed by atoms with Gasteiger partial charge in [-0.3, -0.25) is 19.2 Å². The second-order valence-electron chi connectivity index (χ2n) is 11.3. The van der Waals surface area contributed by atoms with Crippen LogP contribution in [0.4, 0.5) is 22.7 Å². The Balaban J connectivity index is 0.000000235. The van der Waals surface area contributed by atoms with Crippen molar-refractivity contribution in [1.29, 1.82) is 0 Å². The van der Waals surface area contributed by atoms with Crippen molar-refractivity contribution in [3.63, 3.8) is 0 Å². The smallest absolute Gasteiger partial charge is 0.242 e. The predicted octanol–water partition coefficient (Wildman–Crippen LogP) is 4.80. The summed E-state index contributed by atoms with van der Waals surface area (Å²) < 4.78 is 5.66. The van der Waals surface area contributed by atoms with E-state index in [1.54, 1.807) is 63.7 Å². The van der Waals surface area contributed by atoms with Gasteiger partial charge in [0.05, 0.1) is 29.4 Å². The summed E-state index contributed by atoms with van der Waals surface area (Å²) >= 11 is 5.66. The lowest BCUT2D eigenvalue weighted by atomic mass is 9.90. The minimum atomic E-state index is -1.11.